The Hall–Kier alpha value is -3.71. The van der Waals surface area contributed by atoms with Gasteiger partial charge in [0, 0.05) is 42.8 Å². The Morgan fingerprint density at radius 2 is 1.76 bits per heavy atom. The molecule has 1 aromatic heterocycles. The minimum atomic E-state index is -0.471. The largest absolute Gasteiger partial charge is 0.411 e. The van der Waals surface area contributed by atoms with Crippen molar-refractivity contribution in [2.45, 2.75) is 37.6 Å². The number of aliphatic hydroxyl groups is 1. The molecule has 0 radical (unpaired) electrons. The zero-order valence-electron chi connectivity index (χ0n) is 19.4. The SMILES string of the molecule is Cc1ccccc1C(C/C(=N/O)c1ccc(=O)n(C)c1)c1ccc(C(=O)NC2(CO)CC2)cc1. The molecule has 3 N–H and O–H groups in total. The van der Waals surface area contributed by atoms with Gasteiger partial charge in [-0.3, -0.25) is 9.59 Å². The van der Waals surface area contributed by atoms with Crippen LogP contribution in [-0.4, -0.2) is 38.6 Å². The van der Waals surface area contributed by atoms with Gasteiger partial charge in [-0.15, -0.1) is 0 Å². The lowest BCUT2D eigenvalue weighted by Gasteiger charge is -2.21. The highest BCUT2D eigenvalue weighted by atomic mass is 16.4. The van der Waals surface area contributed by atoms with E-state index in [1.807, 2.05) is 37.3 Å². The molecule has 1 heterocycles. The van der Waals surface area contributed by atoms with E-state index in [2.05, 4.69) is 16.5 Å². The first-order valence-corrected chi connectivity index (χ1v) is 11.3. The number of carbonyl (C=O) groups is 1. The molecule has 1 saturated carbocycles. The van der Waals surface area contributed by atoms with Gasteiger partial charge in [0.05, 0.1) is 17.9 Å². The van der Waals surface area contributed by atoms with E-state index in [9.17, 15) is 19.9 Å². The lowest BCUT2D eigenvalue weighted by atomic mass is 9.83. The molecule has 7 nitrogen and oxygen atoms in total. The van der Waals surface area contributed by atoms with E-state index in [0.29, 0.717) is 23.3 Å². The van der Waals surface area contributed by atoms with Crippen LogP contribution in [0.1, 0.15) is 57.8 Å². The van der Waals surface area contributed by atoms with Crippen LogP contribution in [0.15, 0.2) is 76.8 Å². The van der Waals surface area contributed by atoms with Gasteiger partial charge in [0.25, 0.3) is 5.91 Å². The summed E-state index contributed by atoms with van der Waals surface area (Å²) in [6, 6.07) is 18.6. The molecule has 1 atom stereocenters. The minimum Gasteiger partial charge on any atom is -0.411 e. The maximum Gasteiger partial charge on any atom is 0.251 e. The van der Waals surface area contributed by atoms with Gasteiger partial charge in [-0.1, -0.05) is 41.6 Å². The van der Waals surface area contributed by atoms with Crippen molar-refractivity contribution < 1.29 is 15.1 Å². The Balaban J connectivity index is 1.65. The predicted octanol–water partition coefficient (Wildman–Crippen LogP) is 3.35. The average molecular weight is 460 g/mol. The van der Waals surface area contributed by atoms with E-state index in [4.69, 9.17) is 0 Å². The van der Waals surface area contributed by atoms with Crippen LogP contribution in [0.3, 0.4) is 0 Å². The maximum absolute atomic E-state index is 12.6. The molecular weight excluding hydrogens is 430 g/mol. The van der Waals surface area contributed by atoms with Crippen LogP contribution in [0.5, 0.6) is 0 Å². The molecule has 0 spiro atoms. The predicted molar refractivity (Wildman–Crippen MR) is 131 cm³/mol. The molecule has 1 amide bonds. The lowest BCUT2D eigenvalue weighted by molar-refractivity contribution is 0.0907. The van der Waals surface area contributed by atoms with Gasteiger partial charge in [-0.05, 0) is 54.7 Å². The molecule has 2 aromatic carbocycles. The van der Waals surface area contributed by atoms with Crippen LogP contribution in [0, 0.1) is 6.92 Å². The van der Waals surface area contributed by atoms with E-state index in [1.54, 1.807) is 31.4 Å². The number of benzene rings is 2. The highest BCUT2D eigenvalue weighted by Gasteiger charge is 2.43. The summed E-state index contributed by atoms with van der Waals surface area (Å²) in [7, 11) is 1.66. The third-order valence-electron chi connectivity index (χ3n) is 6.61. The molecule has 176 valence electrons. The number of nitrogens with zero attached hydrogens (tertiary/aromatic N) is 2. The zero-order chi connectivity index (χ0) is 24.3. The number of oxime groups is 1. The number of hydrogen-bond acceptors (Lipinski definition) is 5. The van der Waals surface area contributed by atoms with Crippen LogP contribution in [-0.2, 0) is 7.05 Å². The van der Waals surface area contributed by atoms with Crippen molar-refractivity contribution in [3.05, 3.63) is 105 Å². The standard InChI is InChI=1S/C27H29N3O4/c1-18-5-3-4-6-22(18)23(15-24(29-34)21-11-12-25(32)30(2)16-21)19-7-9-20(10-8-19)26(33)28-27(17-31)13-14-27/h3-12,16,23,31,34H,13-15,17H2,1-2H3,(H,28,33)/b29-24-. The van der Waals surface area contributed by atoms with Gasteiger partial charge < -0.3 is 20.2 Å². The quantitative estimate of drug-likeness (QED) is 0.273. The van der Waals surface area contributed by atoms with Gasteiger partial charge in [0.2, 0.25) is 5.56 Å². The Kier molecular flexibility index (Phi) is 6.65. The molecule has 34 heavy (non-hydrogen) atoms. The average Bonchev–Trinajstić information content (AvgIpc) is 3.62. The van der Waals surface area contributed by atoms with E-state index < -0.39 is 5.54 Å². The summed E-state index contributed by atoms with van der Waals surface area (Å²) >= 11 is 0. The van der Waals surface area contributed by atoms with Crippen molar-refractivity contribution in [3.8, 4) is 0 Å². The first-order valence-electron chi connectivity index (χ1n) is 11.3. The molecule has 7 heteroatoms. The molecule has 3 aromatic rings. The molecular formula is C27H29N3O4. The van der Waals surface area contributed by atoms with Crippen molar-refractivity contribution in [1.29, 1.82) is 0 Å². The second kappa shape index (κ2) is 9.65. The Morgan fingerprint density at radius 3 is 2.35 bits per heavy atom. The molecule has 0 bridgehead atoms. The summed E-state index contributed by atoms with van der Waals surface area (Å²) < 4.78 is 1.45. The summed E-state index contributed by atoms with van der Waals surface area (Å²) in [4.78, 5) is 24.4. The molecule has 1 aliphatic rings. The number of pyridine rings is 1. The monoisotopic (exact) mass is 459 g/mol. The van der Waals surface area contributed by atoms with Crippen LogP contribution in [0.2, 0.25) is 0 Å². The van der Waals surface area contributed by atoms with Gasteiger partial charge in [-0.2, -0.15) is 0 Å². The van der Waals surface area contributed by atoms with Gasteiger partial charge in [0.1, 0.15) is 0 Å². The van der Waals surface area contributed by atoms with Gasteiger partial charge in [0.15, 0.2) is 0 Å². The van der Waals surface area contributed by atoms with Crippen LogP contribution in [0.4, 0.5) is 0 Å². The highest BCUT2D eigenvalue weighted by molar-refractivity contribution is 6.00. The number of aliphatic hydroxyl groups excluding tert-OH is 1. The summed E-state index contributed by atoms with van der Waals surface area (Å²) in [5.74, 6) is -0.331. The van der Waals surface area contributed by atoms with Crippen molar-refractivity contribution >= 4 is 11.6 Å². The van der Waals surface area contributed by atoms with Crippen molar-refractivity contribution in [2.24, 2.45) is 12.2 Å². The fraction of sp³-hybridized carbons (Fsp3) is 0.296. The van der Waals surface area contributed by atoms with E-state index >= 15 is 0 Å². The number of aromatic nitrogens is 1. The minimum absolute atomic E-state index is 0.0550. The second-order valence-electron chi connectivity index (χ2n) is 9.04. The lowest BCUT2D eigenvalue weighted by Crippen LogP contribution is -2.39. The Morgan fingerprint density at radius 1 is 1.09 bits per heavy atom. The number of aryl methyl sites for hydroxylation is 2. The fourth-order valence-electron chi connectivity index (χ4n) is 4.21. The number of nitrogens with one attached hydrogen (secondary N) is 1. The van der Waals surface area contributed by atoms with E-state index in [1.165, 1.54) is 10.6 Å². The highest BCUT2D eigenvalue weighted by Crippen LogP contribution is 2.35. The van der Waals surface area contributed by atoms with E-state index in [-0.39, 0.29) is 24.0 Å². The molecule has 1 fully saturated rings. The number of hydrogen-bond donors (Lipinski definition) is 3. The number of carbonyl (C=O) groups excluding carboxylic acids is 1. The van der Waals surface area contributed by atoms with Crippen molar-refractivity contribution in [3.63, 3.8) is 0 Å². The zero-order valence-corrected chi connectivity index (χ0v) is 19.4. The molecule has 1 unspecified atom stereocenters. The van der Waals surface area contributed by atoms with E-state index in [0.717, 1.165) is 29.5 Å². The molecule has 0 saturated heterocycles. The maximum atomic E-state index is 12.6. The molecule has 4 rings (SSSR count). The Labute approximate surface area is 198 Å². The summed E-state index contributed by atoms with van der Waals surface area (Å²) in [5, 5.41) is 25.8. The van der Waals surface area contributed by atoms with Crippen LogP contribution in [0.25, 0.3) is 0 Å². The summed E-state index contributed by atoms with van der Waals surface area (Å²) in [5.41, 5.74) is 4.21. The second-order valence-corrected chi connectivity index (χ2v) is 9.04. The first-order chi connectivity index (χ1) is 16.4. The Bertz CT molecular complexity index is 1270. The molecule has 1 aliphatic carbocycles. The van der Waals surface area contributed by atoms with Gasteiger partial charge >= 0.3 is 0 Å². The third-order valence-corrected chi connectivity index (χ3v) is 6.61. The smallest absolute Gasteiger partial charge is 0.251 e. The number of rotatable bonds is 8. The van der Waals surface area contributed by atoms with Crippen molar-refractivity contribution in [1.82, 2.24) is 9.88 Å². The van der Waals surface area contributed by atoms with Crippen LogP contribution >= 0.6 is 0 Å². The third kappa shape index (κ3) is 4.94. The molecule has 0 aliphatic heterocycles. The number of amides is 1. The summed E-state index contributed by atoms with van der Waals surface area (Å²) in [6.07, 6.45) is 3.64. The van der Waals surface area contributed by atoms with Gasteiger partial charge in [-0.25, -0.2) is 0 Å². The first kappa shape index (κ1) is 23.4. The van der Waals surface area contributed by atoms with Crippen LogP contribution < -0.4 is 10.9 Å². The fourth-order valence-corrected chi connectivity index (χ4v) is 4.21. The van der Waals surface area contributed by atoms with Crippen molar-refractivity contribution in [2.75, 3.05) is 6.61 Å². The normalized spacial score (nSPS) is 15.6. The summed E-state index contributed by atoms with van der Waals surface area (Å²) in [6.45, 7) is 1.98. The topological polar surface area (TPSA) is 104 Å².